The topological polar surface area (TPSA) is 55.8 Å². The van der Waals surface area contributed by atoms with Gasteiger partial charge in [-0.25, -0.2) is 8.42 Å². The van der Waals surface area contributed by atoms with Crippen LogP contribution in [0, 0.1) is 0 Å². The number of hydrogen-bond donors (Lipinski definition) is 0. The van der Waals surface area contributed by atoms with Gasteiger partial charge in [-0.05, 0) is 24.3 Å². The van der Waals surface area contributed by atoms with Gasteiger partial charge in [0.05, 0.1) is 24.0 Å². The molecule has 5 nitrogen and oxygen atoms in total. The molecule has 7 heteroatoms. The standard InChI is InChI=1S/C12H16ClNO4S/c13-5-8-18-11-1-3-12(4-2-11)19(15,16)14-6-9-17-10-7-14/h1-4H,5-10H2. The van der Waals surface area contributed by atoms with E-state index >= 15 is 0 Å². The third kappa shape index (κ3) is 3.60. The zero-order chi connectivity index (χ0) is 13.7. The Morgan fingerprint density at radius 1 is 1.21 bits per heavy atom. The Balaban J connectivity index is 2.11. The summed E-state index contributed by atoms with van der Waals surface area (Å²) >= 11 is 5.52. The summed E-state index contributed by atoms with van der Waals surface area (Å²) in [4.78, 5) is 0.271. The number of nitrogens with zero attached hydrogens (tertiary/aromatic N) is 1. The third-order valence-electron chi connectivity index (χ3n) is 2.78. The lowest BCUT2D eigenvalue weighted by molar-refractivity contribution is 0.0730. The fraction of sp³-hybridized carbons (Fsp3) is 0.500. The first-order valence-corrected chi connectivity index (χ1v) is 7.99. The highest BCUT2D eigenvalue weighted by Crippen LogP contribution is 2.20. The van der Waals surface area contributed by atoms with E-state index in [0.29, 0.717) is 44.5 Å². The number of halogens is 1. The molecule has 106 valence electrons. The highest BCUT2D eigenvalue weighted by Gasteiger charge is 2.26. The predicted molar refractivity (Wildman–Crippen MR) is 72.2 cm³/mol. The number of ether oxygens (including phenoxy) is 2. The number of morpholine rings is 1. The summed E-state index contributed by atoms with van der Waals surface area (Å²) in [7, 11) is -3.43. The van der Waals surface area contributed by atoms with E-state index in [1.807, 2.05) is 0 Å². The van der Waals surface area contributed by atoms with Crippen molar-refractivity contribution in [2.45, 2.75) is 4.90 Å². The Bertz CT molecular complexity index is 497. The maximum Gasteiger partial charge on any atom is 0.243 e. The van der Waals surface area contributed by atoms with Gasteiger partial charge >= 0.3 is 0 Å². The van der Waals surface area contributed by atoms with Crippen LogP contribution in [0.5, 0.6) is 5.75 Å². The van der Waals surface area contributed by atoms with Crippen LogP contribution in [0.1, 0.15) is 0 Å². The maximum absolute atomic E-state index is 12.3. The van der Waals surface area contributed by atoms with Crippen molar-refractivity contribution in [2.75, 3.05) is 38.8 Å². The molecule has 1 fully saturated rings. The molecular weight excluding hydrogens is 290 g/mol. The molecule has 1 aliphatic heterocycles. The van der Waals surface area contributed by atoms with Crippen LogP contribution in [0.4, 0.5) is 0 Å². The van der Waals surface area contributed by atoms with Gasteiger partial charge in [0.1, 0.15) is 12.4 Å². The van der Waals surface area contributed by atoms with Crippen molar-refractivity contribution in [3.05, 3.63) is 24.3 Å². The van der Waals surface area contributed by atoms with Crippen LogP contribution < -0.4 is 4.74 Å². The first-order valence-electron chi connectivity index (χ1n) is 6.01. The van der Waals surface area contributed by atoms with Crippen molar-refractivity contribution >= 4 is 21.6 Å². The molecule has 0 atom stereocenters. The molecule has 0 radical (unpaired) electrons. The minimum atomic E-state index is -3.43. The van der Waals surface area contributed by atoms with Gasteiger partial charge < -0.3 is 9.47 Å². The molecule has 0 aliphatic carbocycles. The van der Waals surface area contributed by atoms with Gasteiger partial charge in [-0.2, -0.15) is 4.31 Å². The lowest BCUT2D eigenvalue weighted by Gasteiger charge is -2.26. The van der Waals surface area contributed by atoms with E-state index in [4.69, 9.17) is 21.1 Å². The summed E-state index contributed by atoms with van der Waals surface area (Å²) in [5.41, 5.74) is 0. The smallest absolute Gasteiger partial charge is 0.243 e. The first kappa shape index (κ1) is 14.6. The molecule has 19 heavy (non-hydrogen) atoms. The van der Waals surface area contributed by atoms with Crippen LogP contribution in [0.3, 0.4) is 0 Å². The van der Waals surface area contributed by atoms with E-state index in [1.165, 1.54) is 4.31 Å². The summed E-state index contributed by atoms with van der Waals surface area (Å²) in [5.74, 6) is 1.01. The predicted octanol–water partition coefficient (Wildman–Crippen LogP) is 1.33. The van der Waals surface area contributed by atoms with E-state index < -0.39 is 10.0 Å². The SMILES string of the molecule is O=S(=O)(c1ccc(OCCCl)cc1)N1CCOCC1. The number of alkyl halides is 1. The largest absolute Gasteiger partial charge is 0.492 e. The summed E-state index contributed by atoms with van der Waals surface area (Å²) in [6, 6.07) is 6.38. The number of sulfonamides is 1. The Kier molecular flexibility index (Phi) is 5.04. The van der Waals surface area contributed by atoms with Crippen LogP contribution in [0.2, 0.25) is 0 Å². The minimum absolute atomic E-state index is 0.271. The van der Waals surface area contributed by atoms with Crippen molar-refractivity contribution < 1.29 is 17.9 Å². The molecule has 0 unspecified atom stereocenters. The molecule has 0 aromatic heterocycles. The molecule has 0 saturated carbocycles. The molecular formula is C12H16ClNO4S. The molecule has 0 N–H and O–H groups in total. The second-order valence-corrected chi connectivity index (χ2v) is 6.34. The summed E-state index contributed by atoms with van der Waals surface area (Å²) < 4.78 is 36.5. The van der Waals surface area contributed by atoms with Crippen LogP contribution in [-0.4, -0.2) is 51.5 Å². The van der Waals surface area contributed by atoms with Crippen molar-refractivity contribution in [1.29, 1.82) is 0 Å². The van der Waals surface area contributed by atoms with Gasteiger partial charge in [-0.15, -0.1) is 11.6 Å². The fourth-order valence-corrected chi connectivity index (χ4v) is 3.29. The zero-order valence-electron chi connectivity index (χ0n) is 10.4. The maximum atomic E-state index is 12.3. The molecule has 1 heterocycles. The van der Waals surface area contributed by atoms with Crippen LogP contribution in [0.25, 0.3) is 0 Å². The zero-order valence-corrected chi connectivity index (χ0v) is 12.0. The fourth-order valence-electron chi connectivity index (χ4n) is 1.80. The Morgan fingerprint density at radius 2 is 1.84 bits per heavy atom. The van der Waals surface area contributed by atoms with Gasteiger partial charge in [-0.1, -0.05) is 0 Å². The lowest BCUT2D eigenvalue weighted by Crippen LogP contribution is -2.40. The monoisotopic (exact) mass is 305 g/mol. The van der Waals surface area contributed by atoms with Crippen molar-refractivity contribution in [2.24, 2.45) is 0 Å². The Labute approximate surface area is 118 Å². The number of hydrogen-bond acceptors (Lipinski definition) is 4. The average Bonchev–Trinajstić information content (AvgIpc) is 2.46. The minimum Gasteiger partial charge on any atom is -0.492 e. The Morgan fingerprint density at radius 3 is 2.42 bits per heavy atom. The van der Waals surface area contributed by atoms with Crippen molar-refractivity contribution in [1.82, 2.24) is 4.31 Å². The van der Waals surface area contributed by atoms with Crippen LogP contribution in [0.15, 0.2) is 29.2 Å². The van der Waals surface area contributed by atoms with Gasteiger partial charge in [0.2, 0.25) is 10.0 Å². The highest BCUT2D eigenvalue weighted by atomic mass is 35.5. The molecule has 0 bridgehead atoms. The second kappa shape index (κ2) is 6.56. The Hall–Kier alpha value is -0.820. The van der Waals surface area contributed by atoms with E-state index in [1.54, 1.807) is 24.3 Å². The van der Waals surface area contributed by atoms with Gasteiger partial charge in [0, 0.05) is 13.1 Å². The average molecular weight is 306 g/mol. The van der Waals surface area contributed by atoms with E-state index in [9.17, 15) is 8.42 Å². The molecule has 0 amide bonds. The number of benzene rings is 1. The summed E-state index contributed by atoms with van der Waals surface area (Å²) in [5, 5.41) is 0. The van der Waals surface area contributed by atoms with Crippen molar-refractivity contribution in [3.8, 4) is 5.75 Å². The van der Waals surface area contributed by atoms with Gasteiger partial charge in [-0.3, -0.25) is 0 Å². The van der Waals surface area contributed by atoms with Crippen molar-refractivity contribution in [3.63, 3.8) is 0 Å². The number of rotatable bonds is 5. The molecule has 1 aromatic rings. The van der Waals surface area contributed by atoms with E-state index in [2.05, 4.69) is 0 Å². The normalized spacial score (nSPS) is 17.3. The molecule has 1 aliphatic rings. The lowest BCUT2D eigenvalue weighted by atomic mass is 10.3. The molecule has 1 saturated heterocycles. The second-order valence-electron chi connectivity index (χ2n) is 4.03. The van der Waals surface area contributed by atoms with Crippen LogP contribution in [-0.2, 0) is 14.8 Å². The summed E-state index contributed by atoms with van der Waals surface area (Å²) in [6.45, 7) is 2.07. The molecule has 0 spiro atoms. The molecule has 1 aromatic carbocycles. The van der Waals surface area contributed by atoms with Gasteiger partial charge in [0.15, 0.2) is 0 Å². The molecule has 2 rings (SSSR count). The third-order valence-corrected chi connectivity index (χ3v) is 4.84. The highest BCUT2D eigenvalue weighted by molar-refractivity contribution is 7.89. The van der Waals surface area contributed by atoms with E-state index in [0.717, 1.165) is 0 Å². The first-order chi connectivity index (χ1) is 9.14. The van der Waals surface area contributed by atoms with E-state index in [-0.39, 0.29) is 4.90 Å². The quantitative estimate of drug-likeness (QED) is 0.770. The van der Waals surface area contributed by atoms with Gasteiger partial charge in [0.25, 0.3) is 0 Å². The summed E-state index contributed by atoms with van der Waals surface area (Å²) in [6.07, 6.45) is 0. The van der Waals surface area contributed by atoms with Crippen LogP contribution >= 0.6 is 11.6 Å².